The highest BCUT2D eigenvalue weighted by Crippen LogP contribution is 2.31. The monoisotopic (exact) mass is 277 g/mol. The molecule has 2 heterocycles. The van der Waals surface area contributed by atoms with Crippen LogP contribution in [0.3, 0.4) is 0 Å². The summed E-state index contributed by atoms with van der Waals surface area (Å²) in [4.78, 5) is 6.95. The van der Waals surface area contributed by atoms with Gasteiger partial charge in [-0.2, -0.15) is 4.98 Å². The van der Waals surface area contributed by atoms with Gasteiger partial charge in [0.15, 0.2) is 0 Å². The summed E-state index contributed by atoms with van der Waals surface area (Å²) in [7, 11) is 0. The highest BCUT2D eigenvalue weighted by atomic mass is 16.5. The van der Waals surface area contributed by atoms with Gasteiger partial charge in [0.05, 0.1) is 5.69 Å². The van der Waals surface area contributed by atoms with Crippen molar-refractivity contribution < 1.29 is 4.74 Å². The second-order valence-corrected chi connectivity index (χ2v) is 7.02. The molecule has 1 aromatic heterocycles. The molecule has 1 aromatic rings. The Labute approximate surface area is 122 Å². The Balaban J connectivity index is 2.16. The van der Waals surface area contributed by atoms with Crippen molar-refractivity contribution in [3.8, 4) is 5.88 Å². The van der Waals surface area contributed by atoms with Gasteiger partial charge in [0, 0.05) is 13.1 Å². The molecule has 0 aliphatic carbocycles. The second-order valence-electron chi connectivity index (χ2n) is 7.02. The SMILES string of the molecule is CC(C)C1CCN(c2ccc(N)c(OC(C)(C)C)n2)C1. The third-order valence-electron chi connectivity index (χ3n) is 3.77. The normalized spacial score (nSPS) is 19.7. The number of nitrogens with zero attached hydrogens (tertiary/aromatic N) is 2. The lowest BCUT2D eigenvalue weighted by atomic mass is 9.95. The Hall–Kier alpha value is -1.45. The van der Waals surface area contributed by atoms with Crippen LogP contribution in [0, 0.1) is 11.8 Å². The Bertz CT molecular complexity index is 465. The lowest BCUT2D eigenvalue weighted by Gasteiger charge is -2.24. The van der Waals surface area contributed by atoms with Gasteiger partial charge in [0.2, 0.25) is 5.88 Å². The van der Waals surface area contributed by atoms with E-state index >= 15 is 0 Å². The van der Waals surface area contributed by atoms with Crippen molar-refractivity contribution in [3.05, 3.63) is 12.1 Å². The molecule has 1 atom stereocenters. The molecule has 0 spiro atoms. The number of rotatable bonds is 3. The Kier molecular flexibility index (Phi) is 4.11. The molecule has 112 valence electrons. The molecule has 1 unspecified atom stereocenters. The van der Waals surface area contributed by atoms with Crippen LogP contribution in [0.25, 0.3) is 0 Å². The maximum Gasteiger partial charge on any atom is 0.239 e. The highest BCUT2D eigenvalue weighted by molar-refractivity contribution is 5.55. The van der Waals surface area contributed by atoms with Gasteiger partial charge < -0.3 is 15.4 Å². The predicted molar refractivity (Wildman–Crippen MR) is 84.2 cm³/mol. The second kappa shape index (κ2) is 5.51. The van der Waals surface area contributed by atoms with Crippen LogP contribution < -0.4 is 15.4 Å². The number of ether oxygens (including phenoxy) is 1. The fourth-order valence-corrected chi connectivity index (χ4v) is 2.53. The zero-order chi connectivity index (χ0) is 14.9. The molecule has 0 bridgehead atoms. The third-order valence-corrected chi connectivity index (χ3v) is 3.77. The van der Waals surface area contributed by atoms with E-state index in [1.165, 1.54) is 6.42 Å². The van der Waals surface area contributed by atoms with Crippen molar-refractivity contribution in [2.75, 3.05) is 23.7 Å². The molecular formula is C16H27N3O. The Morgan fingerprint density at radius 3 is 2.60 bits per heavy atom. The summed E-state index contributed by atoms with van der Waals surface area (Å²) in [5.74, 6) is 2.99. The summed E-state index contributed by atoms with van der Waals surface area (Å²) >= 11 is 0. The molecule has 0 aromatic carbocycles. The minimum absolute atomic E-state index is 0.286. The molecule has 0 amide bonds. The largest absolute Gasteiger partial charge is 0.470 e. The van der Waals surface area contributed by atoms with Gasteiger partial charge >= 0.3 is 0 Å². The molecular weight excluding hydrogens is 250 g/mol. The lowest BCUT2D eigenvalue weighted by Crippen LogP contribution is -2.26. The van der Waals surface area contributed by atoms with Crippen LogP contribution in [0.5, 0.6) is 5.88 Å². The molecule has 1 aliphatic heterocycles. The fourth-order valence-electron chi connectivity index (χ4n) is 2.53. The molecule has 1 saturated heterocycles. The fraction of sp³-hybridized carbons (Fsp3) is 0.688. The molecule has 2 rings (SSSR count). The quantitative estimate of drug-likeness (QED) is 0.920. The molecule has 2 N–H and O–H groups in total. The van der Waals surface area contributed by atoms with Crippen LogP contribution in [0.2, 0.25) is 0 Å². The molecule has 20 heavy (non-hydrogen) atoms. The number of nitrogen functional groups attached to an aromatic ring is 1. The summed E-state index contributed by atoms with van der Waals surface area (Å²) in [6.07, 6.45) is 1.24. The first-order valence-electron chi connectivity index (χ1n) is 7.47. The van der Waals surface area contributed by atoms with Gasteiger partial charge in [-0.1, -0.05) is 13.8 Å². The van der Waals surface area contributed by atoms with Crippen molar-refractivity contribution in [2.45, 2.75) is 46.6 Å². The summed E-state index contributed by atoms with van der Waals surface area (Å²) in [6, 6.07) is 3.89. The number of hydrogen-bond acceptors (Lipinski definition) is 4. The zero-order valence-electron chi connectivity index (χ0n) is 13.3. The van der Waals surface area contributed by atoms with E-state index in [0.29, 0.717) is 11.6 Å². The van der Waals surface area contributed by atoms with Gasteiger partial charge in [0.1, 0.15) is 11.4 Å². The van der Waals surface area contributed by atoms with E-state index in [1.807, 2.05) is 32.9 Å². The van der Waals surface area contributed by atoms with Crippen LogP contribution in [-0.4, -0.2) is 23.7 Å². The van der Waals surface area contributed by atoms with Gasteiger partial charge in [-0.25, -0.2) is 0 Å². The maximum atomic E-state index is 5.96. The van der Waals surface area contributed by atoms with E-state index in [2.05, 4.69) is 23.7 Å². The summed E-state index contributed by atoms with van der Waals surface area (Å²) in [5.41, 5.74) is 6.28. The summed E-state index contributed by atoms with van der Waals surface area (Å²) < 4.78 is 5.84. The average molecular weight is 277 g/mol. The number of aromatic nitrogens is 1. The van der Waals surface area contributed by atoms with E-state index in [0.717, 1.165) is 30.7 Å². The zero-order valence-corrected chi connectivity index (χ0v) is 13.3. The third kappa shape index (κ3) is 3.56. The summed E-state index contributed by atoms with van der Waals surface area (Å²) in [6.45, 7) is 12.7. The minimum Gasteiger partial charge on any atom is -0.470 e. The molecule has 4 nitrogen and oxygen atoms in total. The summed E-state index contributed by atoms with van der Waals surface area (Å²) in [5, 5.41) is 0. The van der Waals surface area contributed by atoms with Gasteiger partial charge in [-0.15, -0.1) is 0 Å². The van der Waals surface area contributed by atoms with Gasteiger partial charge in [0.25, 0.3) is 0 Å². The highest BCUT2D eigenvalue weighted by Gasteiger charge is 2.26. The number of anilines is 2. The average Bonchev–Trinajstić information content (AvgIpc) is 2.79. The van der Waals surface area contributed by atoms with Crippen LogP contribution in [0.15, 0.2) is 12.1 Å². The first-order valence-corrected chi connectivity index (χ1v) is 7.47. The molecule has 1 aliphatic rings. The molecule has 0 radical (unpaired) electrons. The number of pyridine rings is 1. The van der Waals surface area contributed by atoms with E-state index in [9.17, 15) is 0 Å². The Morgan fingerprint density at radius 1 is 1.35 bits per heavy atom. The Morgan fingerprint density at radius 2 is 2.05 bits per heavy atom. The first kappa shape index (κ1) is 14.9. The van der Waals surface area contributed by atoms with Crippen LogP contribution in [-0.2, 0) is 0 Å². The molecule has 4 heteroatoms. The van der Waals surface area contributed by atoms with E-state index in [-0.39, 0.29) is 5.60 Å². The van der Waals surface area contributed by atoms with E-state index in [1.54, 1.807) is 0 Å². The van der Waals surface area contributed by atoms with Crippen molar-refractivity contribution in [3.63, 3.8) is 0 Å². The van der Waals surface area contributed by atoms with Gasteiger partial charge in [-0.05, 0) is 51.2 Å². The first-order chi connectivity index (χ1) is 9.26. The van der Waals surface area contributed by atoms with Crippen LogP contribution in [0.1, 0.15) is 41.0 Å². The topological polar surface area (TPSA) is 51.4 Å². The van der Waals surface area contributed by atoms with Crippen molar-refractivity contribution in [1.82, 2.24) is 4.98 Å². The van der Waals surface area contributed by atoms with Crippen molar-refractivity contribution in [1.29, 1.82) is 0 Å². The molecule has 1 fully saturated rings. The maximum absolute atomic E-state index is 5.96. The predicted octanol–water partition coefficient (Wildman–Crippen LogP) is 3.32. The lowest BCUT2D eigenvalue weighted by molar-refractivity contribution is 0.125. The van der Waals surface area contributed by atoms with Gasteiger partial charge in [-0.3, -0.25) is 0 Å². The van der Waals surface area contributed by atoms with E-state index < -0.39 is 0 Å². The van der Waals surface area contributed by atoms with Crippen LogP contribution in [0.4, 0.5) is 11.5 Å². The number of nitrogens with two attached hydrogens (primary N) is 1. The molecule has 0 saturated carbocycles. The van der Waals surface area contributed by atoms with Crippen molar-refractivity contribution in [2.24, 2.45) is 11.8 Å². The van der Waals surface area contributed by atoms with Crippen LogP contribution >= 0.6 is 0 Å². The van der Waals surface area contributed by atoms with Crippen molar-refractivity contribution >= 4 is 11.5 Å². The number of hydrogen-bond donors (Lipinski definition) is 1. The standard InChI is InChI=1S/C16H27N3O/c1-11(2)12-8-9-19(10-12)14-7-6-13(17)15(18-14)20-16(3,4)5/h6-7,11-12H,8-10,17H2,1-5H3. The smallest absolute Gasteiger partial charge is 0.239 e. The minimum atomic E-state index is -0.286. The van der Waals surface area contributed by atoms with E-state index in [4.69, 9.17) is 10.5 Å².